The van der Waals surface area contributed by atoms with Crippen molar-refractivity contribution in [1.29, 1.82) is 0 Å². The van der Waals surface area contributed by atoms with Gasteiger partial charge >= 0.3 is 5.97 Å². The Morgan fingerprint density at radius 2 is 2.06 bits per heavy atom. The number of halogens is 1. The number of carbonyl (C=O) groups is 1. The van der Waals surface area contributed by atoms with Crippen LogP contribution in [0.5, 0.6) is 5.75 Å². The van der Waals surface area contributed by atoms with Crippen LogP contribution in [0.25, 0.3) is 0 Å². The maximum Gasteiger partial charge on any atom is 0.339 e. The monoisotopic (exact) mass is 252 g/mol. The summed E-state index contributed by atoms with van der Waals surface area (Å²) >= 11 is 0. The van der Waals surface area contributed by atoms with Gasteiger partial charge in [-0.05, 0) is 30.9 Å². The first-order chi connectivity index (χ1) is 8.66. The van der Waals surface area contributed by atoms with E-state index in [2.05, 4.69) is 0 Å². The number of hydrogen-bond acceptors (Lipinski definition) is 2. The van der Waals surface area contributed by atoms with E-state index in [9.17, 15) is 9.18 Å². The molecule has 1 aromatic rings. The molecule has 0 heterocycles. The number of rotatable bonds is 4. The molecule has 1 aliphatic rings. The summed E-state index contributed by atoms with van der Waals surface area (Å²) < 4.78 is 18.6. The molecule has 0 aromatic heterocycles. The van der Waals surface area contributed by atoms with E-state index in [1.54, 1.807) is 0 Å². The van der Waals surface area contributed by atoms with Gasteiger partial charge in [-0.25, -0.2) is 9.18 Å². The van der Waals surface area contributed by atoms with Crippen molar-refractivity contribution in [2.45, 2.75) is 32.1 Å². The van der Waals surface area contributed by atoms with Gasteiger partial charge in [-0.2, -0.15) is 0 Å². The summed E-state index contributed by atoms with van der Waals surface area (Å²) in [6, 6.07) is 3.52. The summed E-state index contributed by atoms with van der Waals surface area (Å²) in [6.07, 6.45) is 5.87. The second kappa shape index (κ2) is 5.85. The van der Waals surface area contributed by atoms with E-state index in [1.807, 2.05) is 0 Å². The molecule has 0 bridgehead atoms. The molecule has 0 spiro atoms. The number of aromatic carboxylic acids is 1. The highest BCUT2D eigenvalue weighted by Gasteiger charge is 2.17. The number of hydrogen-bond donors (Lipinski definition) is 1. The lowest BCUT2D eigenvalue weighted by Gasteiger charge is -2.22. The quantitative estimate of drug-likeness (QED) is 0.892. The molecule has 0 radical (unpaired) electrons. The zero-order valence-electron chi connectivity index (χ0n) is 10.2. The molecular weight excluding hydrogens is 235 g/mol. The van der Waals surface area contributed by atoms with Gasteiger partial charge in [0.05, 0.1) is 6.61 Å². The minimum Gasteiger partial charge on any atom is -0.492 e. The first-order valence-electron chi connectivity index (χ1n) is 6.32. The van der Waals surface area contributed by atoms with Crippen molar-refractivity contribution < 1.29 is 19.0 Å². The van der Waals surface area contributed by atoms with Gasteiger partial charge in [0.25, 0.3) is 0 Å². The van der Waals surface area contributed by atoms with E-state index in [1.165, 1.54) is 25.3 Å². The Hall–Kier alpha value is -1.58. The van der Waals surface area contributed by atoms with Crippen LogP contribution in [0, 0.1) is 11.7 Å². The third-order valence-electron chi connectivity index (χ3n) is 3.37. The van der Waals surface area contributed by atoms with Crippen LogP contribution in [0.4, 0.5) is 4.39 Å². The lowest BCUT2D eigenvalue weighted by atomic mass is 9.90. The third-order valence-corrected chi connectivity index (χ3v) is 3.37. The van der Waals surface area contributed by atoms with Crippen LogP contribution in [0.15, 0.2) is 18.2 Å². The second-order valence-corrected chi connectivity index (χ2v) is 4.76. The summed E-state index contributed by atoms with van der Waals surface area (Å²) in [6.45, 7) is 0.476. The Bertz CT molecular complexity index is 425. The second-order valence-electron chi connectivity index (χ2n) is 4.76. The largest absolute Gasteiger partial charge is 0.492 e. The summed E-state index contributed by atoms with van der Waals surface area (Å²) in [5.41, 5.74) is 0.0206. The van der Waals surface area contributed by atoms with E-state index < -0.39 is 11.8 Å². The van der Waals surface area contributed by atoms with Gasteiger partial charge in [-0.15, -0.1) is 0 Å². The Kier molecular flexibility index (Phi) is 4.18. The molecule has 18 heavy (non-hydrogen) atoms. The first kappa shape index (κ1) is 12.9. The average molecular weight is 252 g/mol. The summed E-state index contributed by atoms with van der Waals surface area (Å²) in [5, 5.41) is 8.99. The van der Waals surface area contributed by atoms with Crippen LogP contribution >= 0.6 is 0 Å². The van der Waals surface area contributed by atoms with E-state index in [0.717, 1.165) is 25.0 Å². The van der Waals surface area contributed by atoms with Crippen LogP contribution < -0.4 is 4.74 Å². The summed E-state index contributed by atoms with van der Waals surface area (Å²) in [5.74, 6) is -0.968. The predicted molar refractivity (Wildman–Crippen MR) is 65.4 cm³/mol. The molecule has 2 rings (SSSR count). The number of carboxylic acid groups (broad SMARTS) is 1. The smallest absolute Gasteiger partial charge is 0.339 e. The van der Waals surface area contributed by atoms with Crippen molar-refractivity contribution in [1.82, 2.24) is 0 Å². The standard InChI is InChI=1S/C14H17FO3/c15-11-6-7-12(14(16)17)13(8-11)18-9-10-4-2-1-3-5-10/h6-8,10H,1-5,9H2,(H,16,17). The van der Waals surface area contributed by atoms with Gasteiger partial charge in [-0.1, -0.05) is 19.3 Å². The lowest BCUT2D eigenvalue weighted by Crippen LogP contribution is -2.16. The van der Waals surface area contributed by atoms with Crippen LogP contribution in [-0.4, -0.2) is 17.7 Å². The van der Waals surface area contributed by atoms with Crippen LogP contribution in [-0.2, 0) is 0 Å². The fraction of sp³-hybridized carbons (Fsp3) is 0.500. The minimum atomic E-state index is -1.09. The van der Waals surface area contributed by atoms with Crippen molar-refractivity contribution in [3.05, 3.63) is 29.6 Å². The van der Waals surface area contributed by atoms with Crippen LogP contribution in [0.1, 0.15) is 42.5 Å². The topological polar surface area (TPSA) is 46.5 Å². The minimum absolute atomic E-state index is 0.0206. The van der Waals surface area contributed by atoms with Gasteiger partial charge in [0, 0.05) is 6.07 Å². The maximum atomic E-state index is 13.1. The SMILES string of the molecule is O=C(O)c1ccc(F)cc1OCC1CCCCC1. The van der Waals surface area contributed by atoms with Gasteiger partial charge in [0.2, 0.25) is 0 Å². The highest BCUT2D eigenvalue weighted by molar-refractivity contribution is 5.90. The molecule has 1 fully saturated rings. The normalized spacial score (nSPS) is 16.5. The van der Waals surface area contributed by atoms with Crippen molar-refractivity contribution in [2.75, 3.05) is 6.61 Å². The van der Waals surface area contributed by atoms with Crippen molar-refractivity contribution in [3.8, 4) is 5.75 Å². The summed E-state index contributed by atoms with van der Waals surface area (Å²) in [7, 11) is 0. The van der Waals surface area contributed by atoms with Crippen LogP contribution in [0.3, 0.4) is 0 Å². The Morgan fingerprint density at radius 3 is 2.72 bits per heavy atom. The molecule has 0 atom stereocenters. The van der Waals surface area contributed by atoms with E-state index in [0.29, 0.717) is 12.5 Å². The molecule has 1 saturated carbocycles. The molecule has 4 heteroatoms. The highest BCUT2D eigenvalue weighted by atomic mass is 19.1. The molecular formula is C14H17FO3. The van der Waals surface area contributed by atoms with Gasteiger partial charge < -0.3 is 9.84 Å². The molecule has 0 amide bonds. The molecule has 1 aromatic carbocycles. The highest BCUT2D eigenvalue weighted by Crippen LogP contribution is 2.26. The fourth-order valence-corrected chi connectivity index (χ4v) is 2.35. The van der Waals surface area contributed by atoms with Crippen LogP contribution in [0.2, 0.25) is 0 Å². The number of benzene rings is 1. The van der Waals surface area contributed by atoms with Crippen molar-refractivity contribution >= 4 is 5.97 Å². The van der Waals surface area contributed by atoms with E-state index in [4.69, 9.17) is 9.84 Å². The van der Waals surface area contributed by atoms with Gasteiger partial charge in [-0.3, -0.25) is 0 Å². The zero-order valence-corrected chi connectivity index (χ0v) is 10.2. The van der Waals surface area contributed by atoms with Gasteiger partial charge in [0.1, 0.15) is 17.1 Å². The number of carboxylic acids is 1. The first-order valence-corrected chi connectivity index (χ1v) is 6.32. The Balaban J connectivity index is 2.03. The molecule has 1 N–H and O–H groups in total. The Labute approximate surface area is 106 Å². The lowest BCUT2D eigenvalue weighted by molar-refractivity contribution is 0.0690. The fourth-order valence-electron chi connectivity index (χ4n) is 2.35. The van der Waals surface area contributed by atoms with Crippen molar-refractivity contribution in [2.24, 2.45) is 5.92 Å². The molecule has 0 saturated heterocycles. The Morgan fingerprint density at radius 1 is 1.33 bits per heavy atom. The molecule has 0 aliphatic heterocycles. The zero-order chi connectivity index (χ0) is 13.0. The maximum absolute atomic E-state index is 13.1. The molecule has 1 aliphatic carbocycles. The molecule has 3 nitrogen and oxygen atoms in total. The van der Waals surface area contributed by atoms with Crippen molar-refractivity contribution in [3.63, 3.8) is 0 Å². The van der Waals surface area contributed by atoms with E-state index >= 15 is 0 Å². The number of ether oxygens (including phenoxy) is 1. The average Bonchev–Trinajstić information content (AvgIpc) is 2.37. The van der Waals surface area contributed by atoms with E-state index in [-0.39, 0.29) is 11.3 Å². The predicted octanol–water partition coefficient (Wildman–Crippen LogP) is 3.48. The third kappa shape index (κ3) is 3.22. The molecule has 0 unspecified atom stereocenters. The van der Waals surface area contributed by atoms with Gasteiger partial charge in [0.15, 0.2) is 0 Å². The molecule has 98 valence electrons. The summed E-state index contributed by atoms with van der Waals surface area (Å²) in [4.78, 5) is 11.0.